The predicted molar refractivity (Wildman–Crippen MR) is 45.0 cm³/mol. The van der Waals surface area contributed by atoms with Crippen LogP contribution in [-0.2, 0) is 4.79 Å². The average molecular weight is 154 g/mol. The minimum atomic E-state index is 0.192. The third-order valence-corrected chi connectivity index (χ3v) is 2.12. The molecule has 2 heteroatoms. The average Bonchev–Trinajstić information content (AvgIpc) is 2.06. The van der Waals surface area contributed by atoms with Crippen molar-refractivity contribution in [3.63, 3.8) is 0 Å². The maximum absolute atomic E-state index is 11.0. The highest BCUT2D eigenvalue weighted by Gasteiger charge is 2.14. The van der Waals surface area contributed by atoms with Crippen molar-refractivity contribution in [1.29, 1.82) is 0 Å². The van der Waals surface area contributed by atoms with Crippen LogP contribution >= 0.6 is 0 Å². The van der Waals surface area contributed by atoms with E-state index in [0.29, 0.717) is 12.5 Å². The minimum Gasteiger partial charge on any atom is -0.353 e. The Kier molecular flexibility index (Phi) is 3.40. The number of carbonyl (C=O) groups excluding carboxylic acids is 1. The summed E-state index contributed by atoms with van der Waals surface area (Å²) < 4.78 is 0. The number of nitrogens with one attached hydrogen (secondary N) is 1. The maximum atomic E-state index is 11.0. The second kappa shape index (κ2) is 4.37. The first-order valence-electron chi connectivity index (χ1n) is 4.44. The lowest BCUT2D eigenvalue weighted by molar-refractivity contribution is -0.121. The zero-order valence-corrected chi connectivity index (χ0v) is 7.10. The van der Waals surface area contributed by atoms with Gasteiger partial charge in [-0.05, 0) is 32.1 Å². The zero-order chi connectivity index (χ0) is 8.10. The Morgan fingerprint density at radius 2 is 2.18 bits per heavy atom. The SMILES string of the molecule is CCC(=O)NC1CC[CH]CC1. The molecule has 1 rings (SSSR count). The monoisotopic (exact) mass is 154 g/mol. The van der Waals surface area contributed by atoms with Crippen molar-refractivity contribution in [2.45, 2.75) is 45.1 Å². The number of hydrogen-bond acceptors (Lipinski definition) is 1. The lowest BCUT2D eigenvalue weighted by atomic mass is 9.95. The fourth-order valence-electron chi connectivity index (χ4n) is 1.40. The lowest BCUT2D eigenvalue weighted by Crippen LogP contribution is -2.35. The Bertz CT molecular complexity index is 128. The van der Waals surface area contributed by atoms with Crippen LogP contribution in [0.3, 0.4) is 0 Å². The second-order valence-corrected chi connectivity index (χ2v) is 3.06. The normalized spacial score (nSPS) is 19.7. The summed E-state index contributed by atoms with van der Waals surface area (Å²) in [7, 11) is 0. The highest BCUT2D eigenvalue weighted by molar-refractivity contribution is 5.75. The molecule has 1 saturated carbocycles. The summed E-state index contributed by atoms with van der Waals surface area (Å²) >= 11 is 0. The Morgan fingerprint density at radius 3 is 2.73 bits per heavy atom. The van der Waals surface area contributed by atoms with E-state index in [1.807, 2.05) is 6.92 Å². The fraction of sp³-hybridized carbons (Fsp3) is 0.778. The molecule has 1 aliphatic rings. The van der Waals surface area contributed by atoms with Gasteiger partial charge in [-0.1, -0.05) is 6.92 Å². The van der Waals surface area contributed by atoms with Gasteiger partial charge in [0.15, 0.2) is 0 Å². The van der Waals surface area contributed by atoms with Gasteiger partial charge < -0.3 is 5.32 Å². The molecule has 1 amide bonds. The molecule has 0 aliphatic heterocycles. The molecular formula is C9H16NO. The molecule has 0 aromatic carbocycles. The number of hydrogen-bond donors (Lipinski definition) is 1. The van der Waals surface area contributed by atoms with E-state index in [-0.39, 0.29) is 5.91 Å². The molecule has 1 N–H and O–H groups in total. The number of rotatable bonds is 2. The van der Waals surface area contributed by atoms with Crippen LogP contribution in [0.25, 0.3) is 0 Å². The molecule has 1 aliphatic carbocycles. The summed E-state index contributed by atoms with van der Waals surface area (Å²) in [6.07, 6.45) is 7.50. The van der Waals surface area contributed by atoms with E-state index >= 15 is 0 Å². The molecule has 0 unspecified atom stereocenters. The van der Waals surface area contributed by atoms with E-state index < -0.39 is 0 Å². The van der Waals surface area contributed by atoms with Crippen LogP contribution in [0, 0.1) is 6.42 Å². The Morgan fingerprint density at radius 1 is 1.55 bits per heavy atom. The van der Waals surface area contributed by atoms with Gasteiger partial charge in [-0.2, -0.15) is 0 Å². The Labute approximate surface area is 68.4 Å². The maximum Gasteiger partial charge on any atom is 0.219 e. The van der Waals surface area contributed by atoms with Crippen LogP contribution in [0.1, 0.15) is 39.0 Å². The van der Waals surface area contributed by atoms with Gasteiger partial charge in [-0.15, -0.1) is 0 Å². The van der Waals surface area contributed by atoms with Crippen molar-refractivity contribution in [1.82, 2.24) is 5.32 Å². The van der Waals surface area contributed by atoms with E-state index in [9.17, 15) is 4.79 Å². The molecular weight excluding hydrogens is 138 g/mol. The summed E-state index contributed by atoms with van der Waals surface area (Å²) in [5.74, 6) is 0.192. The van der Waals surface area contributed by atoms with E-state index in [1.165, 1.54) is 0 Å². The summed E-state index contributed by atoms with van der Waals surface area (Å²) in [6.45, 7) is 1.89. The van der Waals surface area contributed by atoms with Crippen LogP contribution in [0.5, 0.6) is 0 Å². The smallest absolute Gasteiger partial charge is 0.219 e. The van der Waals surface area contributed by atoms with E-state index in [1.54, 1.807) is 0 Å². The molecule has 0 spiro atoms. The summed E-state index contributed by atoms with van der Waals surface area (Å²) in [6, 6.07) is 0.451. The number of amides is 1. The van der Waals surface area contributed by atoms with Crippen LogP contribution in [0.2, 0.25) is 0 Å². The van der Waals surface area contributed by atoms with E-state index in [2.05, 4.69) is 11.7 Å². The molecule has 11 heavy (non-hydrogen) atoms. The number of carbonyl (C=O) groups is 1. The van der Waals surface area contributed by atoms with Crippen molar-refractivity contribution in [2.75, 3.05) is 0 Å². The van der Waals surface area contributed by atoms with Gasteiger partial charge in [0.1, 0.15) is 0 Å². The summed E-state index contributed by atoms with van der Waals surface area (Å²) in [5, 5.41) is 3.01. The molecule has 0 atom stereocenters. The fourth-order valence-corrected chi connectivity index (χ4v) is 1.40. The highest BCUT2D eigenvalue weighted by Crippen LogP contribution is 2.16. The molecule has 1 radical (unpaired) electrons. The molecule has 0 aromatic heterocycles. The molecule has 1 fully saturated rings. The molecule has 0 heterocycles. The predicted octanol–water partition coefficient (Wildman–Crippen LogP) is 1.66. The lowest BCUT2D eigenvalue weighted by Gasteiger charge is -2.22. The highest BCUT2D eigenvalue weighted by atomic mass is 16.1. The van der Waals surface area contributed by atoms with Gasteiger partial charge in [0.2, 0.25) is 5.91 Å². The van der Waals surface area contributed by atoms with Crippen LogP contribution in [0.4, 0.5) is 0 Å². The van der Waals surface area contributed by atoms with Crippen LogP contribution < -0.4 is 5.32 Å². The Balaban J connectivity index is 2.19. The first kappa shape index (κ1) is 8.57. The van der Waals surface area contributed by atoms with Crippen LogP contribution in [0.15, 0.2) is 0 Å². The molecule has 0 bridgehead atoms. The largest absolute Gasteiger partial charge is 0.353 e. The van der Waals surface area contributed by atoms with E-state index in [0.717, 1.165) is 25.7 Å². The first-order valence-corrected chi connectivity index (χ1v) is 4.44. The third kappa shape index (κ3) is 2.91. The van der Waals surface area contributed by atoms with Gasteiger partial charge in [-0.3, -0.25) is 4.79 Å². The van der Waals surface area contributed by atoms with Crippen molar-refractivity contribution in [3.05, 3.63) is 6.42 Å². The topological polar surface area (TPSA) is 29.1 Å². The van der Waals surface area contributed by atoms with Gasteiger partial charge >= 0.3 is 0 Å². The zero-order valence-electron chi connectivity index (χ0n) is 7.10. The van der Waals surface area contributed by atoms with Crippen molar-refractivity contribution >= 4 is 5.91 Å². The molecule has 0 aromatic rings. The molecule has 2 nitrogen and oxygen atoms in total. The van der Waals surface area contributed by atoms with Crippen molar-refractivity contribution < 1.29 is 4.79 Å². The quantitative estimate of drug-likeness (QED) is 0.644. The molecule has 0 saturated heterocycles. The Hall–Kier alpha value is -0.530. The van der Waals surface area contributed by atoms with Crippen molar-refractivity contribution in [2.24, 2.45) is 0 Å². The van der Waals surface area contributed by atoms with Crippen LogP contribution in [-0.4, -0.2) is 11.9 Å². The molecule has 63 valence electrons. The standard InChI is InChI=1S/C9H16NO/c1-2-9(11)10-8-6-4-3-5-7-8/h3,8H,2,4-7H2,1H3,(H,10,11). The summed E-state index contributed by atoms with van der Waals surface area (Å²) in [4.78, 5) is 11.0. The van der Waals surface area contributed by atoms with Gasteiger partial charge in [-0.25, -0.2) is 0 Å². The van der Waals surface area contributed by atoms with Gasteiger partial charge in [0, 0.05) is 12.5 Å². The minimum absolute atomic E-state index is 0.192. The van der Waals surface area contributed by atoms with Crippen molar-refractivity contribution in [3.8, 4) is 0 Å². The van der Waals surface area contributed by atoms with Gasteiger partial charge in [0.05, 0.1) is 0 Å². The third-order valence-electron chi connectivity index (χ3n) is 2.12. The second-order valence-electron chi connectivity index (χ2n) is 3.06. The van der Waals surface area contributed by atoms with E-state index in [4.69, 9.17) is 0 Å². The van der Waals surface area contributed by atoms with Gasteiger partial charge in [0.25, 0.3) is 0 Å². The summed E-state index contributed by atoms with van der Waals surface area (Å²) in [5.41, 5.74) is 0. The first-order chi connectivity index (χ1) is 5.33.